The highest BCUT2D eigenvalue weighted by atomic mass is 16.5. The molecule has 1 saturated carbocycles. The van der Waals surface area contributed by atoms with Crippen molar-refractivity contribution in [2.75, 3.05) is 14.2 Å². The molecule has 1 aromatic rings. The van der Waals surface area contributed by atoms with Crippen LogP contribution >= 0.6 is 0 Å². The summed E-state index contributed by atoms with van der Waals surface area (Å²) in [4.78, 5) is 0. The molecule has 0 heterocycles. The standard InChI is InChI=1S/C16H25NO2/c1-15(2)9-5-6-10-16(15,17)12-7-8-13(18-3)14(11-12)19-4/h7-8,11H,5-6,9-10,17H2,1-4H3. The average Bonchev–Trinajstić information content (AvgIpc) is 2.41. The molecule has 2 N–H and O–H groups in total. The molecule has 0 aromatic heterocycles. The van der Waals surface area contributed by atoms with Gasteiger partial charge < -0.3 is 15.2 Å². The quantitative estimate of drug-likeness (QED) is 0.908. The van der Waals surface area contributed by atoms with Crippen molar-refractivity contribution in [1.29, 1.82) is 0 Å². The van der Waals surface area contributed by atoms with E-state index in [0.717, 1.165) is 29.9 Å². The first-order chi connectivity index (χ1) is 8.94. The van der Waals surface area contributed by atoms with Crippen LogP contribution < -0.4 is 15.2 Å². The van der Waals surface area contributed by atoms with Crippen molar-refractivity contribution in [3.05, 3.63) is 23.8 Å². The van der Waals surface area contributed by atoms with Crippen molar-refractivity contribution < 1.29 is 9.47 Å². The van der Waals surface area contributed by atoms with Crippen molar-refractivity contribution in [1.82, 2.24) is 0 Å². The second-order valence-corrected chi connectivity index (χ2v) is 6.13. The molecule has 2 rings (SSSR count). The number of ether oxygens (including phenoxy) is 2. The van der Waals surface area contributed by atoms with Gasteiger partial charge in [0.15, 0.2) is 11.5 Å². The summed E-state index contributed by atoms with van der Waals surface area (Å²) in [5, 5.41) is 0. The Labute approximate surface area is 116 Å². The number of benzene rings is 1. The highest BCUT2D eigenvalue weighted by Gasteiger charge is 2.44. The van der Waals surface area contributed by atoms with E-state index in [1.54, 1.807) is 14.2 Å². The molecular weight excluding hydrogens is 238 g/mol. The van der Waals surface area contributed by atoms with Crippen LogP contribution in [0.5, 0.6) is 11.5 Å². The minimum absolute atomic E-state index is 0.102. The molecule has 0 saturated heterocycles. The lowest BCUT2D eigenvalue weighted by Crippen LogP contribution is -2.51. The van der Waals surface area contributed by atoms with E-state index in [1.807, 2.05) is 12.1 Å². The molecule has 1 aliphatic rings. The van der Waals surface area contributed by atoms with Gasteiger partial charge in [-0.1, -0.05) is 32.8 Å². The lowest BCUT2D eigenvalue weighted by Gasteiger charge is -2.48. The van der Waals surface area contributed by atoms with Gasteiger partial charge in [-0.2, -0.15) is 0 Å². The van der Waals surface area contributed by atoms with E-state index in [2.05, 4.69) is 19.9 Å². The van der Waals surface area contributed by atoms with Gasteiger partial charge in [0.2, 0.25) is 0 Å². The maximum absolute atomic E-state index is 6.78. The highest BCUT2D eigenvalue weighted by Crippen LogP contribution is 2.49. The lowest BCUT2D eigenvalue weighted by molar-refractivity contribution is 0.0975. The van der Waals surface area contributed by atoms with Crippen LogP contribution in [0.15, 0.2) is 18.2 Å². The van der Waals surface area contributed by atoms with Gasteiger partial charge in [-0.15, -0.1) is 0 Å². The molecule has 0 amide bonds. The normalized spacial score (nSPS) is 25.9. The van der Waals surface area contributed by atoms with Gasteiger partial charge in [0.25, 0.3) is 0 Å². The molecule has 1 fully saturated rings. The van der Waals surface area contributed by atoms with Crippen LogP contribution in [0.1, 0.15) is 45.1 Å². The summed E-state index contributed by atoms with van der Waals surface area (Å²) in [5.41, 5.74) is 7.74. The Hall–Kier alpha value is -1.22. The van der Waals surface area contributed by atoms with Crippen LogP contribution in [0, 0.1) is 5.41 Å². The number of methoxy groups -OCH3 is 2. The third-order valence-electron chi connectivity index (χ3n) is 4.73. The zero-order valence-corrected chi connectivity index (χ0v) is 12.5. The van der Waals surface area contributed by atoms with Gasteiger partial charge in [-0.25, -0.2) is 0 Å². The molecule has 3 nitrogen and oxygen atoms in total. The number of nitrogens with two attached hydrogens (primary N) is 1. The lowest BCUT2D eigenvalue weighted by atomic mass is 9.61. The molecule has 1 atom stereocenters. The van der Waals surface area contributed by atoms with E-state index in [0.29, 0.717) is 0 Å². The Bertz CT molecular complexity index is 456. The highest BCUT2D eigenvalue weighted by molar-refractivity contribution is 5.45. The van der Waals surface area contributed by atoms with Gasteiger partial charge in [0.05, 0.1) is 14.2 Å². The van der Waals surface area contributed by atoms with E-state index >= 15 is 0 Å². The van der Waals surface area contributed by atoms with Gasteiger partial charge >= 0.3 is 0 Å². The Kier molecular flexibility index (Phi) is 3.77. The summed E-state index contributed by atoms with van der Waals surface area (Å²) in [7, 11) is 3.32. The van der Waals surface area contributed by atoms with E-state index in [-0.39, 0.29) is 11.0 Å². The summed E-state index contributed by atoms with van der Waals surface area (Å²) in [6.45, 7) is 4.53. The molecule has 19 heavy (non-hydrogen) atoms. The zero-order chi connectivity index (χ0) is 14.1. The van der Waals surface area contributed by atoms with Crippen molar-refractivity contribution in [3.63, 3.8) is 0 Å². The smallest absolute Gasteiger partial charge is 0.161 e. The van der Waals surface area contributed by atoms with Crippen LogP contribution in [0.25, 0.3) is 0 Å². The average molecular weight is 263 g/mol. The summed E-state index contributed by atoms with van der Waals surface area (Å²) in [5.74, 6) is 1.51. The summed E-state index contributed by atoms with van der Waals surface area (Å²) < 4.78 is 10.7. The molecule has 106 valence electrons. The first-order valence-corrected chi connectivity index (χ1v) is 6.96. The van der Waals surface area contributed by atoms with Crippen LogP contribution in [0.2, 0.25) is 0 Å². The topological polar surface area (TPSA) is 44.5 Å². The Balaban J connectivity index is 2.45. The van der Waals surface area contributed by atoms with E-state index < -0.39 is 0 Å². The fraction of sp³-hybridized carbons (Fsp3) is 0.625. The Morgan fingerprint density at radius 2 is 1.63 bits per heavy atom. The van der Waals surface area contributed by atoms with Crippen LogP contribution in [-0.2, 0) is 5.54 Å². The minimum Gasteiger partial charge on any atom is -0.493 e. The van der Waals surface area contributed by atoms with Crippen LogP contribution in [0.4, 0.5) is 0 Å². The fourth-order valence-electron chi connectivity index (χ4n) is 3.18. The molecule has 0 radical (unpaired) electrons. The molecule has 0 aliphatic heterocycles. The fourth-order valence-corrected chi connectivity index (χ4v) is 3.18. The minimum atomic E-state index is -0.287. The molecule has 1 unspecified atom stereocenters. The SMILES string of the molecule is COc1ccc(C2(N)CCCCC2(C)C)cc1OC. The summed E-state index contributed by atoms with van der Waals surface area (Å²) >= 11 is 0. The predicted molar refractivity (Wildman–Crippen MR) is 77.7 cm³/mol. The third-order valence-corrected chi connectivity index (χ3v) is 4.73. The van der Waals surface area contributed by atoms with E-state index in [9.17, 15) is 0 Å². The predicted octanol–water partition coefficient (Wildman–Crippen LogP) is 3.46. The van der Waals surface area contributed by atoms with E-state index in [4.69, 9.17) is 15.2 Å². The van der Waals surface area contributed by atoms with Gasteiger partial charge in [-0.05, 0) is 36.0 Å². The first-order valence-electron chi connectivity index (χ1n) is 6.96. The van der Waals surface area contributed by atoms with Crippen LogP contribution in [0.3, 0.4) is 0 Å². The van der Waals surface area contributed by atoms with Crippen LogP contribution in [-0.4, -0.2) is 14.2 Å². The largest absolute Gasteiger partial charge is 0.493 e. The first kappa shape index (κ1) is 14.2. The maximum Gasteiger partial charge on any atom is 0.161 e. The number of hydrogen-bond acceptors (Lipinski definition) is 3. The van der Waals surface area contributed by atoms with Crippen molar-refractivity contribution in [2.24, 2.45) is 11.1 Å². The number of rotatable bonds is 3. The molecule has 0 bridgehead atoms. The summed E-state index contributed by atoms with van der Waals surface area (Å²) in [6.07, 6.45) is 4.64. The monoisotopic (exact) mass is 263 g/mol. The zero-order valence-electron chi connectivity index (χ0n) is 12.5. The molecule has 1 aliphatic carbocycles. The summed E-state index contributed by atoms with van der Waals surface area (Å²) in [6, 6.07) is 6.06. The molecule has 3 heteroatoms. The van der Waals surface area contributed by atoms with Crippen molar-refractivity contribution >= 4 is 0 Å². The molecular formula is C16H25NO2. The van der Waals surface area contributed by atoms with Crippen molar-refractivity contribution in [2.45, 2.75) is 45.1 Å². The maximum atomic E-state index is 6.78. The second kappa shape index (κ2) is 5.04. The Morgan fingerprint density at radius 1 is 1.00 bits per heavy atom. The molecule has 1 aromatic carbocycles. The number of hydrogen-bond donors (Lipinski definition) is 1. The van der Waals surface area contributed by atoms with Gasteiger partial charge in [0, 0.05) is 5.54 Å². The van der Waals surface area contributed by atoms with Crippen molar-refractivity contribution in [3.8, 4) is 11.5 Å². The third kappa shape index (κ3) is 2.32. The van der Waals surface area contributed by atoms with E-state index in [1.165, 1.54) is 12.8 Å². The van der Waals surface area contributed by atoms with Gasteiger partial charge in [-0.3, -0.25) is 0 Å². The molecule has 0 spiro atoms. The van der Waals surface area contributed by atoms with Gasteiger partial charge in [0.1, 0.15) is 0 Å². The Morgan fingerprint density at radius 3 is 2.21 bits per heavy atom. The second-order valence-electron chi connectivity index (χ2n) is 6.13.